The second-order valence-corrected chi connectivity index (χ2v) is 5.87. The Morgan fingerprint density at radius 3 is 2.70 bits per heavy atom. The fourth-order valence-electron chi connectivity index (χ4n) is 2.80. The van der Waals surface area contributed by atoms with Gasteiger partial charge >= 0.3 is 0 Å². The van der Waals surface area contributed by atoms with Crippen LogP contribution in [0.5, 0.6) is 0 Å². The van der Waals surface area contributed by atoms with Crippen molar-refractivity contribution in [2.75, 3.05) is 18.0 Å². The first-order valence-corrected chi connectivity index (χ1v) is 7.77. The number of nitrogens with zero attached hydrogens (tertiary/aromatic N) is 5. The Kier molecular flexibility index (Phi) is 3.49. The van der Waals surface area contributed by atoms with E-state index in [0.717, 1.165) is 42.8 Å². The number of aromatic amines is 1. The Balaban J connectivity index is 1.43. The van der Waals surface area contributed by atoms with Gasteiger partial charge in [0.2, 0.25) is 0 Å². The molecular weight excluding hydrogens is 288 g/mol. The standard InChI is InChI=1S/C17H18N6/c1-12-19-17(22-21-12)14-10-23(11-14)16-7-8-18-15(20-16)9-13-5-3-2-4-6-13/h2-8,14H,9-11H2,1H3,(H,19,21,22). The molecule has 1 aliphatic heterocycles. The highest BCUT2D eigenvalue weighted by Gasteiger charge is 2.32. The molecule has 116 valence electrons. The predicted octanol–water partition coefficient (Wildman–Crippen LogP) is 2.10. The van der Waals surface area contributed by atoms with E-state index in [0.29, 0.717) is 5.92 Å². The number of hydrogen-bond acceptors (Lipinski definition) is 5. The molecule has 2 aromatic heterocycles. The lowest BCUT2D eigenvalue weighted by molar-refractivity contribution is 0.496. The van der Waals surface area contributed by atoms with Crippen molar-refractivity contribution in [2.24, 2.45) is 0 Å². The van der Waals surface area contributed by atoms with Crippen LogP contribution in [0.15, 0.2) is 42.6 Å². The van der Waals surface area contributed by atoms with Gasteiger partial charge in [0.05, 0.1) is 5.92 Å². The molecule has 0 unspecified atom stereocenters. The molecule has 0 saturated carbocycles. The normalized spacial score (nSPS) is 14.7. The van der Waals surface area contributed by atoms with E-state index in [-0.39, 0.29) is 0 Å². The Bertz CT molecular complexity index is 792. The molecule has 1 N–H and O–H groups in total. The topological polar surface area (TPSA) is 70.6 Å². The second-order valence-electron chi connectivity index (χ2n) is 5.87. The number of benzene rings is 1. The van der Waals surface area contributed by atoms with Gasteiger partial charge in [-0.3, -0.25) is 5.10 Å². The third-order valence-electron chi connectivity index (χ3n) is 4.08. The van der Waals surface area contributed by atoms with Crippen molar-refractivity contribution in [3.63, 3.8) is 0 Å². The van der Waals surface area contributed by atoms with Gasteiger partial charge < -0.3 is 4.90 Å². The van der Waals surface area contributed by atoms with Gasteiger partial charge in [0.15, 0.2) is 5.82 Å². The first-order valence-electron chi connectivity index (χ1n) is 7.77. The van der Waals surface area contributed by atoms with Gasteiger partial charge in [-0.25, -0.2) is 15.0 Å². The minimum atomic E-state index is 0.382. The summed E-state index contributed by atoms with van der Waals surface area (Å²) in [5.41, 5.74) is 1.22. The van der Waals surface area contributed by atoms with Crippen LogP contribution in [0.2, 0.25) is 0 Å². The van der Waals surface area contributed by atoms with Crippen LogP contribution in [0.3, 0.4) is 0 Å². The van der Waals surface area contributed by atoms with Crippen LogP contribution in [0.1, 0.15) is 29.0 Å². The lowest BCUT2D eigenvalue weighted by Crippen LogP contribution is -2.46. The highest BCUT2D eigenvalue weighted by Crippen LogP contribution is 2.28. The summed E-state index contributed by atoms with van der Waals surface area (Å²) in [6, 6.07) is 12.3. The SMILES string of the molecule is Cc1nc(C2CN(c3ccnc(Cc4ccccc4)n3)C2)n[nH]1. The summed E-state index contributed by atoms with van der Waals surface area (Å²) < 4.78 is 0. The molecule has 3 aromatic rings. The molecule has 0 radical (unpaired) electrons. The molecule has 6 nitrogen and oxygen atoms in total. The molecule has 0 aliphatic carbocycles. The molecule has 0 spiro atoms. The van der Waals surface area contributed by atoms with Gasteiger partial charge in [-0.15, -0.1) is 0 Å². The number of anilines is 1. The van der Waals surface area contributed by atoms with Crippen LogP contribution in [0.4, 0.5) is 5.82 Å². The molecular formula is C17H18N6. The quantitative estimate of drug-likeness (QED) is 0.799. The van der Waals surface area contributed by atoms with E-state index in [1.54, 1.807) is 0 Å². The van der Waals surface area contributed by atoms with E-state index in [1.807, 2.05) is 37.4 Å². The number of rotatable bonds is 4. The molecule has 0 bridgehead atoms. The summed E-state index contributed by atoms with van der Waals surface area (Å²) in [4.78, 5) is 15.7. The van der Waals surface area contributed by atoms with Gasteiger partial charge in [0.25, 0.3) is 0 Å². The first-order chi connectivity index (χ1) is 11.3. The van der Waals surface area contributed by atoms with Crippen molar-refractivity contribution in [1.29, 1.82) is 0 Å². The molecule has 1 saturated heterocycles. The summed E-state index contributed by atoms with van der Waals surface area (Å²) in [5, 5.41) is 7.15. The number of aryl methyl sites for hydroxylation is 1. The summed E-state index contributed by atoms with van der Waals surface area (Å²) in [6.07, 6.45) is 2.59. The van der Waals surface area contributed by atoms with Crippen molar-refractivity contribution in [2.45, 2.75) is 19.3 Å². The lowest BCUT2D eigenvalue weighted by Gasteiger charge is -2.38. The maximum absolute atomic E-state index is 4.69. The van der Waals surface area contributed by atoms with Gasteiger partial charge in [-0.05, 0) is 18.6 Å². The van der Waals surface area contributed by atoms with Crippen LogP contribution in [0, 0.1) is 6.92 Å². The maximum atomic E-state index is 4.69. The van der Waals surface area contributed by atoms with Crippen molar-refractivity contribution in [3.05, 3.63) is 65.6 Å². The number of H-pyrrole nitrogens is 1. The van der Waals surface area contributed by atoms with E-state index in [9.17, 15) is 0 Å². The van der Waals surface area contributed by atoms with Crippen molar-refractivity contribution in [3.8, 4) is 0 Å². The largest absolute Gasteiger partial charge is 0.355 e. The maximum Gasteiger partial charge on any atom is 0.157 e. The fraction of sp³-hybridized carbons (Fsp3) is 0.294. The summed E-state index contributed by atoms with van der Waals surface area (Å²) in [7, 11) is 0. The molecule has 1 aromatic carbocycles. The van der Waals surface area contributed by atoms with Crippen LogP contribution < -0.4 is 4.90 Å². The third kappa shape index (κ3) is 2.92. The molecule has 1 aliphatic rings. The number of aromatic nitrogens is 5. The molecule has 23 heavy (non-hydrogen) atoms. The summed E-state index contributed by atoms with van der Waals surface area (Å²) >= 11 is 0. The van der Waals surface area contributed by atoms with E-state index in [4.69, 9.17) is 0 Å². The molecule has 4 rings (SSSR count). The van der Waals surface area contributed by atoms with Gasteiger partial charge in [-0.1, -0.05) is 30.3 Å². The third-order valence-corrected chi connectivity index (χ3v) is 4.08. The minimum Gasteiger partial charge on any atom is -0.355 e. The minimum absolute atomic E-state index is 0.382. The van der Waals surface area contributed by atoms with E-state index >= 15 is 0 Å². The van der Waals surface area contributed by atoms with Gasteiger partial charge in [-0.2, -0.15) is 5.10 Å². The molecule has 0 amide bonds. The van der Waals surface area contributed by atoms with E-state index in [2.05, 4.69) is 42.2 Å². The van der Waals surface area contributed by atoms with Crippen LogP contribution >= 0.6 is 0 Å². The first kappa shape index (κ1) is 13.9. The Morgan fingerprint density at radius 1 is 1.13 bits per heavy atom. The zero-order chi connectivity index (χ0) is 15.6. The van der Waals surface area contributed by atoms with Crippen LogP contribution in [0.25, 0.3) is 0 Å². The average Bonchev–Trinajstić information content (AvgIpc) is 2.93. The molecule has 6 heteroatoms. The Labute approximate surface area is 134 Å². The van der Waals surface area contributed by atoms with Crippen molar-refractivity contribution >= 4 is 5.82 Å². The van der Waals surface area contributed by atoms with Crippen LogP contribution in [-0.4, -0.2) is 38.2 Å². The summed E-state index contributed by atoms with van der Waals surface area (Å²) in [5.74, 6) is 3.98. The molecule has 3 heterocycles. The van der Waals surface area contributed by atoms with Gasteiger partial charge in [0.1, 0.15) is 17.5 Å². The molecule has 1 fully saturated rings. The van der Waals surface area contributed by atoms with Crippen molar-refractivity contribution in [1.82, 2.24) is 25.1 Å². The number of nitrogens with one attached hydrogen (secondary N) is 1. The Hall–Kier alpha value is -2.76. The number of hydrogen-bond donors (Lipinski definition) is 1. The summed E-state index contributed by atoms with van der Waals surface area (Å²) in [6.45, 7) is 3.73. The lowest BCUT2D eigenvalue weighted by atomic mass is 9.99. The molecule has 0 atom stereocenters. The second kappa shape index (κ2) is 5.79. The van der Waals surface area contributed by atoms with E-state index < -0.39 is 0 Å². The monoisotopic (exact) mass is 306 g/mol. The zero-order valence-corrected chi connectivity index (χ0v) is 13.0. The highest BCUT2D eigenvalue weighted by molar-refractivity contribution is 5.43. The predicted molar refractivity (Wildman–Crippen MR) is 87.4 cm³/mol. The van der Waals surface area contributed by atoms with E-state index in [1.165, 1.54) is 5.56 Å². The average molecular weight is 306 g/mol. The van der Waals surface area contributed by atoms with Crippen LogP contribution in [-0.2, 0) is 6.42 Å². The highest BCUT2D eigenvalue weighted by atomic mass is 15.3. The smallest absolute Gasteiger partial charge is 0.157 e. The Morgan fingerprint density at radius 2 is 1.96 bits per heavy atom. The fourth-order valence-corrected chi connectivity index (χ4v) is 2.80. The zero-order valence-electron chi connectivity index (χ0n) is 13.0. The van der Waals surface area contributed by atoms with Gasteiger partial charge in [0, 0.05) is 25.7 Å². The van der Waals surface area contributed by atoms with Crippen molar-refractivity contribution < 1.29 is 0 Å².